The van der Waals surface area contributed by atoms with Crippen molar-refractivity contribution in [2.24, 2.45) is 5.92 Å². The van der Waals surface area contributed by atoms with Crippen LogP contribution in [0, 0.1) is 5.92 Å². The highest BCUT2D eigenvalue weighted by Gasteiger charge is 2.15. The fourth-order valence-electron chi connectivity index (χ4n) is 1.82. The van der Waals surface area contributed by atoms with Crippen molar-refractivity contribution in [2.45, 2.75) is 31.5 Å². The Bertz CT molecular complexity index is 337. The van der Waals surface area contributed by atoms with Crippen LogP contribution in [0.15, 0.2) is 22.7 Å². The first kappa shape index (κ1) is 14.0. The lowest BCUT2D eigenvalue weighted by molar-refractivity contribution is 0.402. The molecule has 2 unspecified atom stereocenters. The molecule has 0 aliphatic heterocycles. The van der Waals surface area contributed by atoms with Gasteiger partial charge in [0, 0.05) is 9.30 Å². The lowest BCUT2D eigenvalue weighted by atomic mass is 9.94. The molecule has 0 aromatic heterocycles. The monoisotopic (exact) mass is 348 g/mol. The first-order valence-corrected chi connectivity index (χ1v) is 7.25. The minimum absolute atomic E-state index is 0.529. The van der Waals surface area contributed by atoms with Gasteiger partial charge in [0.05, 0.1) is 7.11 Å². The molecule has 1 aromatic carbocycles. The van der Waals surface area contributed by atoms with E-state index >= 15 is 0 Å². The van der Waals surface area contributed by atoms with Gasteiger partial charge in [-0.3, -0.25) is 0 Å². The van der Waals surface area contributed by atoms with Crippen molar-refractivity contribution < 1.29 is 4.74 Å². The largest absolute Gasteiger partial charge is 0.496 e. The lowest BCUT2D eigenvalue weighted by Gasteiger charge is -2.19. The molecule has 0 heterocycles. The molecule has 0 fully saturated rings. The van der Waals surface area contributed by atoms with Gasteiger partial charge in [-0.1, -0.05) is 52.1 Å². The summed E-state index contributed by atoms with van der Waals surface area (Å²) in [6.45, 7) is 4.44. The molecule has 0 saturated heterocycles. The lowest BCUT2D eigenvalue weighted by Crippen LogP contribution is -2.13. The van der Waals surface area contributed by atoms with Gasteiger partial charge in [0.1, 0.15) is 5.75 Å². The van der Waals surface area contributed by atoms with E-state index in [0.717, 1.165) is 16.6 Å². The van der Waals surface area contributed by atoms with E-state index < -0.39 is 0 Å². The van der Waals surface area contributed by atoms with Crippen molar-refractivity contribution in [1.82, 2.24) is 0 Å². The highest BCUT2D eigenvalue weighted by Crippen LogP contribution is 2.29. The number of hydrogen-bond donors (Lipinski definition) is 0. The van der Waals surface area contributed by atoms with Crippen LogP contribution in [0.3, 0.4) is 0 Å². The van der Waals surface area contributed by atoms with Crippen LogP contribution < -0.4 is 4.74 Å². The topological polar surface area (TPSA) is 9.23 Å². The van der Waals surface area contributed by atoms with Gasteiger partial charge in [-0.2, -0.15) is 0 Å². The van der Waals surface area contributed by atoms with Crippen LogP contribution in [0.4, 0.5) is 0 Å². The summed E-state index contributed by atoms with van der Waals surface area (Å²) >= 11 is 7.18. The summed E-state index contributed by atoms with van der Waals surface area (Å²) in [6.07, 6.45) is 2.22. The number of ether oxygens (including phenoxy) is 1. The maximum absolute atomic E-state index is 5.39. The van der Waals surface area contributed by atoms with E-state index in [4.69, 9.17) is 4.74 Å². The Hall–Kier alpha value is -0.0200. The second kappa shape index (κ2) is 6.65. The van der Waals surface area contributed by atoms with E-state index in [1.165, 1.54) is 12.0 Å². The van der Waals surface area contributed by atoms with E-state index in [9.17, 15) is 0 Å². The normalized spacial score (nSPS) is 14.6. The number of methoxy groups -OCH3 is 1. The van der Waals surface area contributed by atoms with E-state index in [2.05, 4.69) is 51.8 Å². The highest BCUT2D eigenvalue weighted by atomic mass is 79.9. The van der Waals surface area contributed by atoms with Crippen molar-refractivity contribution in [1.29, 1.82) is 0 Å². The van der Waals surface area contributed by atoms with Gasteiger partial charge in [0.15, 0.2) is 0 Å². The predicted molar refractivity (Wildman–Crippen MR) is 76.6 cm³/mol. The minimum atomic E-state index is 0.529. The molecular formula is C13H18Br2O. The molecule has 0 spiro atoms. The summed E-state index contributed by atoms with van der Waals surface area (Å²) in [5, 5.41) is 0. The van der Waals surface area contributed by atoms with Gasteiger partial charge in [-0.25, -0.2) is 0 Å². The summed E-state index contributed by atoms with van der Waals surface area (Å²) in [6, 6.07) is 6.18. The minimum Gasteiger partial charge on any atom is -0.496 e. The molecule has 1 nitrogen and oxygen atoms in total. The standard InChI is InChI=1S/C13H18Br2O/c1-4-10(9(2)14)7-11-8-12(15)5-6-13(11)16-3/h5-6,8-10H,4,7H2,1-3H3. The zero-order valence-electron chi connectivity index (χ0n) is 9.97. The molecule has 0 N–H and O–H groups in total. The Morgan fingerprint density at radius 3 is 2.56 bits per heavy atom. The first-order valence-electron chi connectivity index (χ1n) is 5.55. The smallest absolute Gasteiger partial charge is 0.122 e. The van der Waals surface area contributed by atoms with Crippen molar-refractivity contribution in [3.63, 3.8) is 0 Å². The molecule has 0 amide bonds. The molecule has 0 radical (unpaired) electrons. The zero-order valence-corrected chi connectivity index (χ0v) is 13.1. The SMILES string of the molecule is CCC(Cc1cc(Br)ccc1OC)C(C)Br. The molecule has 90 valence electrons. The Labute approximate surface area is 115 Å². The number of alkyl halides is 1. The van der Waals surface area contributed by atoms with Gasteiger partial charge >= 0.3 is 0 Å². The molecule has 3 heteroatoms. The third-order valence-corrected chi connectivity index (χ3v) is 4.14. The fourth-order valence-corrected chi connectivity index (χ4v) is 2.79. The van der Waals surface area contributed by atoms with E-state index in [-0.39, 0.29) is 0 Å². The number of hydrogen-bond acceptors (Lipinski definition) is 1. The summed E-state index contributed by atoms with van der Waals surface area (Å²) in [5.74, 6) is 1.62. The molecule has 2 atom stereocenters. The Balaban J connectivity index is 2.89. The Morgan fingerprint density at radius 1 is 1.38 bits per heavy atom. The summed E-state index contributed by atoms with van der Waals surface area (Å²) in [7, 11) is 1.73. The van der Waals surface area contributed by atoms with Crippen LogP contribution in [0.5, 0.6) is 5.75 Å². The maximum Gasteiger partial charge on any atom is 0.122 e. The van der Waals surface area contributed by atoms with Gasteiger partial charge < -0.3 is 4.74 Å². The van der Waals surface area contributed by atoms with Crippen molar-refractivity contribution in [3.8, 4) is 5.75 Å². The molecular weight excluding hydrogens is 332 g/mol. The van der Waals surface area contributed by atoms with Crippen LogP contribution in [0.2, 0.25) is 0 Å². The second-order valence-corrected chi connectivity index (χ2v) is 6.37. The summed E-state index contributed by atoms with van der Waals surface area (Å²) in [5.41, 5.74) is 1.27. The second-order valence-electron chi connectivity index (χ2n) is 4.01. The Morgan fingerprint density at radius 2 is 2.06 bits per heavy atom. The highest BCUT2D eigenvalue weighted by molar-refractivity contribution is 9.10. The summed E-state index contributed by atoms with van der Waals surface area (Å²) < 4.78 is 6.50. The Kier molecular flexibility index (Phi) is 5.84. The van der Waals surface area contributed by atoms with Crippen molar-refractivity contribution in [2.75, 3.05) is 7.11 Å². The number of benzene rings is 1. The summed E-state index contributed by atoms with van der Waals surface area (Å²) in [4.78, 5) is 0.529. The van der Waals surface area contributed by atoms with E-state index in [1.807, 2.05) is 12.1 Å². The van der Waals surface area contributed by atoms with Crippen molar-refractivity contribution >= 4 is 31.9 Å². The molecule has 0 aliphatic rings. The van der Waals surface area contributed by atoms with Gasteiger partial charge in [-0.05, 0) is 36.1 Å². The molecule has 0 saturated carbocycles. The maximum atomic E-state index is 5.39. The molecule has 0 aliphatic carbocycles. The van der Waals surface area contributed by atoms with Crippen LogP contribution in [0.25, 0.3) is 0 Å². The van der Waals surface area contributed by atoms with E-state index in [1.54, 1.807) is 7.11 Å². The molecule has 1 aromatic rings. The molecule has 0 bridgehead atoms. The average Bonchev–Trinajstić information content (AvgIpc) is 2.25. The van der Waals surface area contributed by atoms with Gasteiger partial charge in [0.2, 0.25) is 0 Å². The predicted octanol–water partition coefficient (Wildman–Crippen LogP) is 4.81. The van der Waals surface area contributed by atoms with Gasteiger partial charge in [-0.15, -0.1) is 0 Å². The average molecular weight is 350 g/mol. The van der Waals surface area contributed by atoms with Crippen LogP contribution >= 0.6 is 31.9 Å². The first-order chi connectivity index (χ1) is 7.58. The quantitative estimate of drug-likeness (QED) is 0.693. The third kappa shape index (κ3) is 3.77. The van der Waals surface area contributed by atoms with Gasteiger partial charge in [0.25, 0.3) is 0 Å². The van der Waals surface area contributed by atoms with E-state index in [0.29, 0.717) is 10.7 Å². The number of rotatable bonds is 5. The molecule has 1 rings (SSSR count). The zero-order chi connectivity index (χ0) is 12.1. The van der Waals surface area contributed by atoms with Crippen molar-refractivity contribution in [3.05, 3.63) is 28.2 Å². The van der Waals surface area contributed by atoms with Crippen LogP contribution in [-0.2, 0) is 6.42 Å². The molecule has 16 heavy (non-hydrogen) atoms. The van der Waals surface area contributed by atoms with Crippen LogP contribution in [0.1, 0.15) is 25.8 Å². The third-order valence-electron chi connectivity index (χ3n) is 2.90. The van der Waals surface area contributed by atoms with Crippen LogP contribution in [-0.4, -0.2) is 11.9 Å². The fraction of sp³-hybridized carbons (Fsp3) is 0.538. The number of halogens is 2.